The Balaban J connectivity index is 2.64. The largest absolute Gasteiger partial charge is 0.370 e. The summed E-state index contributed by atoms with van der Waals surface area (Å²) in [5, 5.41) is 0. The van der Waals surface area contributed by atoms with Crippen molar-refractivity contribution in [3.8, 4) is 0 Å². The second-order valence-corrected chi connectivity index (χ2v) is 4.43. The van der Waals surface area contributed by atoms with Crippen LogP contribution in [0.5, 0.6) is 0 Å². The molecule has 3 heteroatoms. The Morgan fingerprint density at radius 2 is 1.81 bits per heavy atom. The van der Waals surface area contributed by atoms with Crippen LogP contribution in [0.1, 0.15) is 20.3 Å². The summed E-state index contributed by atoms with van der Waals surface area (Å²) in [6.45, 7) is 6.81. The van der Waals surface area contributed by atoms with E-state index in [1.165, 1.54) is 12.1 Å². The number of anilines is 1. The van der Waals surface area contributed by atoms with E-state index in [-0.39, 0.29) is 5.82 Å². The lowest BCUT2D eigenvalue weighted by atomic mass is 10.1. The first-order valence-corrected chi connectivity index (χ1v) is 5.84. The molecule has 0 aliphatic carbocycles. The zero-order valence-corrected chi connectivity index (χ0v) is 10.1. The Morgan fingerprint density at radius 1 is 1.19 bits per heavy atom. The topological polar surface area (TPSA) is 29.3 Å². The first-order valence-electron chi connectivity index (χ1n) is 5.84. The van der Waals surface area contributed by atoms with Gasteiger partial charge in [-0.25, -0.2) is 4.39 Å². The lowest BCUT2D eigenvalue weighted by molar-refractivity contribution is 0.572. The molecule has 0 aliphatic heterocycles. The van der Waals surface area contributed by atoms with Gasteiger partial charge in [0.25, 0.3) is 0 Å². The van der Waals surface area contributed by atoms with E-state index in [0.717, 1.165) is 25.2 Å². The van der Waals surface area contributed by atoms with Crippen molar-refractivity contribution in [3.63, 3.8) is 0 Å². The Kier molecular flexibility index (Phi) is 5.26. The van der Waals surface area contributed by atoms with Crippen molar-refractivity contribution in [2.75, 3.05) is 24.5 Å². The molecule has 0 bridgehead atoms. The summed E-state index contributed by atoms with van der Waals surface area (Å²) < 4.78 is 12.8. The highest BCUT2D eigenvalue weighted by Crippen LogP contribution is 2.15. The van der Waals surface area contributed by atoms with Crippen molar-refractivity contribution in [1.29, 1.82) is 0 Å². The second-order valence-electron chi connectivity index (χ2n) is 4.43. The molecule has 2 N–H and O–H groups in total. The third kappa shape index (κ3) is 4.19. The highest BCUT2D eigenvalue weighted by molar-refractivity contribution is 5.46. The van der Waals surface area contributed by atoms with Crippen LogP contribution < -0.4 is 10.6 Å². The van der Waals surface area contributed by atoms with E-state index in [9.17, 15) is 4.39 Å². The maximum atomic E-state index is 12.8. The molecular formula is C13H21FN2. The molecule has 0 heterocycles. The van der Waals surface area contributed by atoms with Crippen LogP contribution in [0.4, 0.5) is 10.1 Å². The number of benzene rings is 1. The van der Waals surface area contributed by atoms with Crippen molar-refractivity contribution in [2.45, 2.75) is 20.3 Å². The predicted molar refractivity (Wildman–Crippen MR) is 67.1 cm³/mol. The molecule has 0 amide bonds. The van der Waals surface area contributed by atoms with Crippen LogP contribution in [0.3, 0.4) is 0 Å². The number of nitrogens with zero attached hydrogens (tertiary/aromatic N) is 1. The summed E-state index contributed by atoms with van der Waals surface area (Å²) in [6, 6.07) is 6.61. The molecule has 0 atom stereocenters. The van der Waals surface area contributed by atoms with Crippen molar-refractivity contribution < 1.29 is 4.39 Å². The Hall–Kier alpha value is -1.09. The summed E-state index contributed by atoms with van der Waals surface area (Å²) in [6.07, 6.45) is 1.12. The van der Waals surface area contributed by atoms with Gasteiger partial charge in [0.15, 0.2) is 0 Å². The third-order valence-corrected chi connectivity index (χ3v) is 2.57. The highest BCUT2D eigenvalue weighted by atomic mass is 19.1. The minimum Gasteiger partial charge on any atom is -0.370 e. The molecule has 1 aromatic carbocycles. The fraction of sp³-hybridized carbons (Fsp3) is 0.538. The zero-order chi connectivity index (χ0) is 12.0. The monoisotopic (exact) mass is 224 g/mol. The second kappa shape index (κ2) is 6.48. The first-order chi connectivity index (χ1) is 7.63. The van der Waals surface area contributed by atoms with Crippen LogP contribution >= 0.6 is 0 Å². The van der Waals surface area contributed by atoms with Gasteiger partial charge in [0, 0.05) is 25.3 Å². The van der Waals surface area contributed by atoms with Gasteiger partial charge in [0.2, 0.25) is 0 Å². The molecule has 16 heavy (non-hydrogen) atoms. The molecule has 0 saturated heterocycles. The Morgan fingerprint density at radius 3 is 2.31 bits per heavy atom. The maximum Gasteiger partial charge on any atom is 0.123 e. The average Bonchev–Trinajstić information content (AvgIpc) is 2.25. The SMILES string of the molecule is CC(C)CCN(CCN)c1ccc(F)cc1. The zero-order valence-electron chi connectivity index (χ0n) is 10.1. The molecule has 0 radical (unpaired) electrons. The van der Waals surface area contributed by atoms with Crippen LogP contribution in [0, 0.1) is 11.7 Å². The van der Waals surface area contributed by atoms with E-state index in [1.54, 1.807) is 0 Å². The fourth-order valence-electron chi connectivity index (χ4n) is 1.59. The number of nitrogens with two attached hydrogens (primary N) is 1. The lowest BCUT2D eigenvalue weighted by Crippen LogP contribution is -2.31. The first kappa shape index (κ1) is 13.0. The van der Waals surface area contributed by atoms with E-state index in [1.807, 2.05) is 12.1 Å². The maximum absolute atomic E-state index is 12.8. The van der Waals surface area contributed by atoms with Crippen molar-refractivity contribution in [3.05, 3.63) is 30.1 Å². The minimum absolute atomic E-state index is 0.194. The molecule has 90 valence electrons. The van der Waals surface area contributed by atoms with Crippen LogP contribution in [-0.2, 0) is 0 Å². The van der Waals surface area contributed by atoms with Crippen LogP contribution in [0.25, 0.3) is 0 Å². The smallest absolute Gasteiger partial charge is 0.123 e. The standard InChI is InChI=1S/C13H21FN2/c1-11(2)7-9-16(10-8-15)13-5-3-12(14)4-6-13/h3-6,11H,7-10,15H2,1-2H3. The summed E-state index contributed by atoms with van der Waals surface area (Å²) in [7, 11) is 0. The van der Waals surface area contributed by atoms with Crippen LogP contribution in [0.15, 0.2) is 24.3 Å². The van der Waals surface area contributed by atoms with Gasteiger partial charge in [0.1, 0.15) is 5.82 Å². The van der Waals surface area contributed by atoms with E-state index in [0.29, 0.717) is 12.5 Å². The molecule has 0 fully saturated rings. The van der Waals surface area contributed by atoms with Crippen molar-refractivity contribution in [2.24, 2.45) is 11.7 Å². The van der Waals surface area contributed by atoms with E-state index in [2.05, 4.69) is 18.7 Å². The number of rotatable bonds is 6. The lowest BCUT2D eigenvalue weighted by Gasteiger charge is -2.25. The minimum atomic E-state index is -0.194. The molecule has 1 rings (SSSR count). The van der Waals surface area contributed by atoms with Gasteiger partial charge < -0.3 is 10.6 Å². The summed E-state index contributed by atoms with van der Waals surface area (Å²) in [5.41, 5.74) is 6.64. The van der Waals surface area contributed by atoms with Gasteiger partial charge in [-0.2, -0.15) is 0 Å². The number of hydrogen-bond donors (Lipinski definition) is 1. The summed E-state index contributed by atoms with van der Waals surface area (Å²) in [5.74, 6) is 0.473. The Bertz CT molecular complexity index is 295. The van der Waals surface area contributed by atoms with Gasteiger partial charge in [-0.15, -0.1) is 0 Å². The number of halogens is 1. The van der Waals surface area contributed by atoms with Gasteiger partial charge >= 0.3 is 0 Å². The third-order valence-electron chi connectivity index (χ3n) is 2.57. The molecular weight excluding hydrogens is 203 g/mol. The molecule has 1 aromatic rings. The summed E-state index contributed by atoms with van der Waals surface area (Å²) >= 11 is 0. The van der Waals surface area contributed by atoms with Gasteiger partial charge in [-0.05, 0) is 36.6 Å². The van der Waals surface area contributed by atoms with Crippen LogP contribution in [-0.4, -0.2) is 19.6 Å². The number of hydrogen-bond acceptors (Lipinski definition) is 2. The summed E-state index contributed by atoms with van der Waals surface area (Å²) in [4.78, 5) is 2.21. The normalized spacial score (nSPS) is 10.8. The Labute approximate surface area is 97.3 Å². The van der Waals surface area contributed by atoms with Gasteiger partial charge in [0.05, 0.1) is 0 Å². The molecule has 0 spiro atoms. The van der Waals surface area contributed by atoms with E-state index in [4.69, 9.17) is 5.73 Å². The van der Waals surface area contributed by atoms with Gasteiger partial charge in [-0.3, -0.25) is 0 Å². The fourth-order valence-corrected chi connectivity index (χ4v) is 1.59. The molecule has 0 aliphatic rings. The molecule has 0 aromatic heterocycles. The van der Waals surface area contributed by atoms with Crippen molar-refractivity contribution in [1.82, 2.24) is 0 Å². The van der Waals surface area contributed by atoms with E-state index < -0.39 is 0 Å². The van der Waals surface area contributed by atoms with Crippen molar-refractivity contribution >= 4 is 5.69 Å². The molecule has 0 saturated carbocycles. The molecule has 2 nitrogen and oxygen atoms in total. The molecule has 0 unspecified atom stereocenters. The average molecular weight is 224 g/mol. The van der Waals surface area contributed by atoms with Gasteiger partial charge in [-0.1, -0.05) is 13.8 Å². The predicted octanol–water partition coefficient (Wildman–Crippen LogP) is 2.64. The van der Waals surface area contributed by atoms with E-state index >= 15 is 0 Å². The quantitative estimate of drug-likeness (QED) is 0.805. The highest BCUT2D eigenvalue weighted by Gasteiger charge is 2.06. The van der Waals surface area contributed by atoms with Crippen LogP contribution in [0.2, 0.25) is 0 Å².